The number of rotatable bonds is 2. The SMILES string of the molecule is Cc1cccc(-n2nc(C)c(C(=O)O)n2)n1. The summed E-state index contributed by atoms with van der Waals surface area (Å²) in [6.07, 6.45) is 0. The van der Waals surface area contributed by atoms with Crippen LogP contribution in [0.2, 0.25) is 0 Å². The fourth-order valence-corrected chi connectivity index (χ4v) is 1.32. The van der Waals surface area contributed by atoms with Crippen LogP contribution in [0.15, 0.2) is 18.2 Å². The van der Waals surface area contributed by atoms with Crippen LogP contribution < -0.4 is 0 Å². The monoisotopic (exact) mass is 218 g/mol. The van der Waals surface area contributed by atoms with E-state index in [1.165, 1.54) is 4.80 Å². The zero-order chi connectivity index (χ0) is 11.7. The van der Waals surface area contributed by atoms with Crippen LogP contribution in [0.1, 0.15) is 21.9 Å². The van der Waals surface area contributed by atoms with Crippen LogP contribution in [-0.4, -0.2) is 31.1 Å². The fraction of sp³-hybridized carbons (Fsp3) is 0.200. The maximum Gasteiger partial charge on any atom is 0.358 e. The van der Waals surface area contributed by atoms with Gasteiger partial charge in [0.15, 0.2) is 11.5 Å². The second-order valence-corrected chi connectivity index (χ2v) is 3.37. The molecule has 0 aliphatic carbocycles. The van der Waals surface area contributed by atoms with Crippen molar-refractivity contribution in [1.29, 1.82) is 0 Å². The quantitative estimate of drug-likeness (QED) is 0.812. The molecule has 0 aliphatic heterocycles. The molecule has 0 amide bonds. The molecule has 2 heterocycles. The van der Waals surface area contributed by atoms with Gasteiger partial charge in [-0.05, 0) is 26.0 Å². The van der Waals surface area contributed by atoms with Crippen LogP contribution >= 0.6 is 0 Å². The van der Waals surface area contributed by atoms with E-state index in [1.54, 1.807) is 13.0 Å². The van der Waals surface area contributed by atoms with Gasteiger partial charge in [-0.1, -0.05) is 6.07 Å². The summed E-state index contributed by atoms with van der Waals surface area (Å²) in [6, 6.07) is 5.38. The van der Waals surface area contributed by atoms with Crippen molar-refractivity contribution in [3.8, 4) is 5.82 Å². The van der Waals surface area contributed by atoms with Crippen LogP contribution in [0, 0.1) is 13.8 Å². The highest BCUT2D eigenvalue weighted by atomic mass is 16.4. The summed E-state index contributed by atoms with van der Waals surface area (Å²) in [4.78, 5) is 16.2. The lowest BCUT2D eigenvalue weighted by Crippen LogP contribution is -2.04. The van der Waals surface area contributed by atoms with Crippen LogP contribution in [0.3, 0.4) is 0 Å². The number of pyridine rings is 1. The average Bonchev–Trinajstić information content (AvgIpc) is 2.60. The summed E-state index contributed by atoms with van der Waals surface area (Å²) < 4.78 is 0. The molecule has 0 aromatic carbocycles. The van der Waals surface area contributed by atoms with Crippen molar-refractivity contribution in [3.63, 3.8) is 0 Å². The Balaban J connectivity index is 2.49. The topological polar surface area (TPSA) is 80.9 Å². The van der Waals surface area contributed by atoms with Crippen molar-refractivity contribution >= 4 is 5.97 Å². The maximum absolute atomic E-state index is 10.8. The molecule has 2 aromatic rings. The second kappa shape index (κ2) is 3.73. The van der Waals surface area contributed by atoms with Gasteiger partial charge in [0.25, 0.3) is 0 Å². The second-order valence-electron chi connectivity index (χ2n) is 3.37. The van der Waals surface area contributed by atoms with Gasteiger partial charge in [-0.15, -0.1) is 9.90 Å². The molecule has 6 heteroatoms. The Labute approximate surface area is 91.6 Å². The van der Waals surface area contributed by atoms with E-state index in [0.717, 1.165) is 5.69 Å². The predicted octanol–water partition coefficient (Wildman–Crippen LogP) is 0.977. The molecule has 1 N–H and O–H groups in total. The molecule has 6 nitrogen and oxygen atoms in total. The van der Waals surface area contributed by atoms with Crippen molar-refractivity contribution in [3.05, 3.63) is 35.3 Å². The van der Waals surface area contributed by atoms with Gasteiger partial charge in [0.05, 0.1) is 5.69 Å². The zero-order valence-electron chi connectivity index (χ0n) is 8.88. The Hall–Kier alpha value is -2.24. The van der Waals surface area contributed by atoms with Gasteiger partial charge < -0.3 is 5.11 Å². The number of carboxylic acid groups (broad SMARTS) is 1. The van der Waals surface area contributed by atoms with Gasteiger partial charge in [-0.2, -0.15) is 5.10 Å². The third-order valence-electron chi connectivity index (χ3n) is 2.06. The minimum absolute atomic E-state index is 0.0525. The van der Waals surface area contributed by atoms with Crippen molar-refractivity contribution in [1.82, 2.24) is 20.0 Å². The van der Waals surface area contributed by atoms with Crippen molar-refractivity contribution in [2.24, 2.45) is 0 Å². The molecule has 0 saturated carbocycles. The Morgan fingerprint density at radius 3 is 2.62 bits per heavy atom. The van der Waals surface area contributed by atoms with Crippen molar-refractivity contribution < 1.29 is 9.90 Å². The summed E-state index contributed by atoms with van der Waals surface area (Å²) in [7, 11) is 0. The predicted molar refractivity (Wildman–Crippen MR) is 55.6 cm³/mol. The normalized spacial score (nSPS) is 10.4. The lowest BCUT2D eigenvalue weighted by molar-refractivity contribution is 0.0689. The fourth-order valence-electron chi connectivity index (χ4n) is 1.32. The number of hydrogen-bond donors (Lipinski definition) is 1. The molecule has 0 fully saturated rings. The maximum atomic E-state index is 10.8. The minimum atomic E-state index is -1.09. The van der Waals surface area contributed by atoms with E-state index in [0.29, 0.717) is 11.5 Å². The summed E-state index contributed by atoms with van der Waals surface area (Å²) in [5.74, 6) is -0.577. The largest absolute Gasteiger partial charge is 0.476 e. The van der Waals surface area contributed by atoms with E-state index in [4.69, 9.17) is 5.11 Å². The molecule has 0 aliphatic rings. The number of nitrogens with zero attached hydrogens (tertiary/aromatic N) is 4. The number of aryl methyl sites for hydroxylation is 2. The Kier molecular flexibility index (Phi) is 2.40. The van der Waals surface area contributed by atoms with Crippen molar-refractivity contribution in [2.75, 3.05) is 0 Å². The Morgan fingerprint density at radius 1 is 1.31 bits per heavy atom. The molecule has 0 spiro atoms. The van der Waals surface area contributed by atoms with Gasteiger partial charge in [0.1, 0.15) is 0 Å². The summed E-state index contributed by atoms with van der Waals surface area (Å²) in [6.45, 7) is 3.45. The molecular weight excluding hydrogens is 208 g/mol. The van der Waals surface area contributed by atoms with Crippen LogP contribution in [0.25, 0.3) is 5.82 Å². The van der Waals surface area contributed by atoms with Gasteiger partial charge >= 0.3 is 5.97 Å². The zero-order valence-corrected chi connectivity index (χ0v) is 8.88. The van der Waals surface area contributed by atoms with Gasteiger partial charge in [-0.3, -0.25) is 0 Å². The summed E-state index contributed by atoms with van der Waals surface area (Å²) in [5.41, 5.74) is 1.14. The minimum Gasteiger partial charge on any atom is -0.476 e. The van der Waals surface area contributed by atoms with Gasteiger partial charge in [0, 0.05) is 5.69 Å². The third kappa shape index (κ3) is 1.77. The number of aromatic nitrogens is 4. The molecule has 82 valence electrons. The van der Waals surface area contributed by atoms with E-state index in [1.807, 2.05) is 19.1 Å². The Bertz CT molecular complexity index is 548. The molecule has 0 radical (unpaired) electrons. The average molecular weight is 218 g/mol. The lowest BCUT2D eigenvalue weighted by Gasteiger charge is -1.98. The third-order valence-corrected chi connectivity index (χ3v) is 2.06. The molecule has 16 heavy (non-hydrogen) atoms. The van der Waals surface area contributed by atoms with E-state index in [9.17, 15) is 4.79 Å². The molecule has 2 rings (SSSR count). The van der Waals surface area contributed by atoms with E-state index < -0.39 is 5.97 Å². The highest BCUT2D eigenvalue weighted by molar-refractivity contribution is 5.86. The molecule has 2 aromatic heterocycles. The van der Waals surface area contributed by atoms with Gasteiger partial charge in [0.2, 0.25) is 0 Å². The standard InChI is InChI=1S/C10H10N4O2/c1-6-4-3-5-8(11-6)14-12-7(2)9(13-14)10(15)16/h3-5H,1-2H3,(H,15,16). The van der Waals surface area contributed by atoms with Gasteiger partial charge in [-0.25, -0.2) is 9.78 Å². The molecular formula is C10H10N4O2. The highest BCUT2D eigenvalue weighted by Crippen LogP contribution is 2.06. The van der Waals surface area contributed by atoms with Crippen LogP contribution in [0.4, 0.5) is 0 Å². The van der Waals surface area contributed by atoms with E-state index in [-0.39, 0.29) is 5.69 Å². The smallest absolute Gasteiger partial charge is 0.358 e. The Morgan fingerprint density at radius 2 is 2.06 bits per heavy atom. The van der Waals surface area contributed by atoms with Crippen molar-refractivity contribution in [2.45, 2.75) is 13.8 Å². The first kappa shape index (κ1) is 10.3. The van der Waals surface area contributed by atoms with Crippen LogP contribution in [-0.2, 0) is 0 Å². The number of carboxylic acids is 1. The van der Waals surface area contributed by atoms with Crippen LogP contribution in [0.5, 0.6) is 0 Å². The molecule has 0 unspecified atom stereocenters. The molecule has 0 bridgehead atoms. The first-order valence-corrected chi connectivity index (χ1v) is 4.69. The highest BCUT2D eigenvalue weighted by Gasteiger charge is 2.15. The first-order chi connectivity index (χ1) is 7.58. The first-order valence-electron chi connectivity index (χ1n) is 4.69. The number of carbonyl (C=O) groups is 1. The van der Waals surface area contributed by atoms with E-state index in [2.05, 4.69) is 15.2 Å². The summed E-state index contributed by atoms with van der Waals surface area (Å²) >= 11 is 0. The summed E-state index contributed by atoms with van der Waals surface area (Å²) in [5, 5.41) is 16.7. The van der Waals surface area contributed by atoms with E-state index >= 15 is 0 Å². The lowest BCUT2D eigenvalue weighted by atomic mass is 10.4. The molecule has 0 saturated heterocycles. The molecule has 0 atom stereocenters. The number of aromatic carboxylic acids is 1. The number of hydrogen-bond acceptors (Lipinski definition) is 4.